The number of rotatable bonds is 6. The monoisotopic (exact) mass is 304 g/mol. The molecule has 0 bridgehead atoms. The summed E-state index contributed by atoms with van der Waals surface area (Å²) in [6.45, 7) is 13.4. The summed E-state index contributed by atoms with van der Waals surface area (Å²) in [5.74, 6) is 0.0642. The maximum Gasteiger partial charge on any atom is 0.226 e. The molecule has 1 N–H and O–H groups in total. The molecule has 3 nitrogen and oxygen atoms in total. The first-order valence-corrected chi connectivity index (χ1v) is 8.27. The molecule has 1 heterocycles. The number of carbonyl (C=O) groups is 1. The number of carbonyl (C=O) groups excluding carboxylic acids is 1. The number of nitrogens with zero attached hydrogens (tertiary/aromatic N) is 1. The summed E-state index contributed by atoms with van der Waals surface area (Å²) >= 11 is 0. The molecule has 124 valence electrons. The van der Waals surface area contributed by atoms with Crippen LogP contribution in [0.15, 0.2) is 24.4 Å². The topological polar surface area (TPSA) is 42.0 Å². The van der Waals surface area contributed by atoms with Crippen LogP contribution in [0.5, 0.6) is 0 Å². The van der Waals surface area contributed by atoms with Crippen LogP contribution in [-0.4, -0.2) is 16.9 Å². The minimum atomic E-state index is 0.0642. The van der Waals surface area contributed by atoms with Gasteiger partial charge in [-0.2, -0.15) is 0 Å². The van der Waals surface area contributed by atoms with E-state index in [1.807, 2.05) is 18.2 Å². The van der Waals surface area contributed by atoms with Crippen molar-refractivity contribution in [3.63, 3.8) is 0 Å². The Kier molecular flexibility index (Phi) is 6.58. The van der Waals surface area contributed by atoms with Gasteiger partial charge in [0, 0.05) is 17.9 Å². The molecule has 1 aromatic heterocycles. The largest absolute Gasteiger partial charge is 0.353 e. The fourth-order valence-electron chi connectivity index (χ4n) is 2.47. The van der Waals surface area contributed by atoms with Gasteiger partial charge in [0.1, 0.15) is 0 Å². The molecular weight excluding hydrogens is 272 g/mol. The second kappa shape index (κ2) is 7.75. The first-order valence-electron chi connectivity index (χ1n) is 8.27. The zero-order chi connectivity index (χ0) is 16.8. The lowest BCUT2D eigenvalue weighted by molar-refractivity contribution is -0.122. The van der Waals surface area contributed by atoms with Crippen LogP contribution in [-0.2, 0) is 11.2 Å². The third-order valence-corrected chi connectivity index (χ3v) is 3.87. The molecule has 0 aliphatic carbocycles. The summed E-state index contributed by atoms with van der Waals surface area (Å²) in [4.78, 5) is 16.5. The third-order valence-electron chi connectivity index (χ3n) is 3.87. The molecule has 0 saturated heterocycles. The van der Waals surface area contributed by atoms with E-state index in [0.717, 1.165) is 18.5 Å². The van der Waals surface area contributed by atoms with Crippen LogP contribution in [0.4, 0.5) is 0 Å². The molecular formula is C19H32N2O. The van der Waals surface area contributed by atoms with Crippen LogP contribution in [0.2, 0.25) is 0 Å². The average molecular weight is 304 g/mol. The van der Waals surface area contributed by atoms with E-state index in [4.69, 9.17) is 0 Å². The molecule has 0 saturated carbocycles. The van der Waals surface area contributed by atoms with E-state index < -0.39 is 0 Å². The first-order chi connectivity index (χ1) is 10.1. The van der Waals surface area contributed by atoms with E-state index in [1.54, 1.807) is 6.20 Å². The van der Waals surface area contributed by atoms with Crippen LogP contribution in [0, 0.1) is 10.8 Å². The molecule has 1 rings (SSSR count). The van der Waals surface area contributed by atoms with Gasteiger partial charge in [0.15, 0.2) is 0 Å². The van der Waals surface area contributed by atoms with Crippen molar-refractivity contribution in [1.82, 2.24) is 10.3 Å². The predicted octanol–water partition coefficient (Wildman–Crippen LogP) is 4.37. The van der Waals surface area contributed by atoms with Crippen molar-refractivity contribution in [3.8, 4) is 0 Å². The van der Waals surface area contributed by atoms with Gasteiger partial charge in [-0.3, -0.25) is 9.78 Å². The Hall–Kier alpha value is -1.38. The number of aromatic nitrogens is 1. The SMILES string of the molecule is CC(C)(C)CCCC(NC(=O)Cc1ccccn1)C(C)(C)C. The van der Waals surface area contributed by atoms with E-state index in [9.17, 15) is 4.79 Å². The van der Waals surface area contributed by atoms with Crippen molar-refractivity contribution in [2.45, 2.75) is 73.3 Å². The summed E-state index contributed by atoms with van der Waals surface area (Å²) in [5.41, 5.74) is 1.24. The fourth-order valence-corrected chi connectivity index (χ4v) is 2.47. The van der Waals surface area contributed by atoms with Gasteiger partial charge >= 0.3 is 0 Å². The van der Waals surface area contributed by atoms with E-state index in [1.165, 1.54) is 6.42 Å². The van der Waals surface area contributed by atoms with Gasteiger partial charge in [0.2, 0.25) is 5.91 Å². The molecule has 1 aromatic rings. The van der Waals surface area contributed by atoms with E-state index in [-0.39, 0.29) is 17.4 Å². The lowest BCUT2D eigenvalue weighted by Gasteiger charge is -2.32. The molecule has 0 radical (unpaired) electrons. The highest BCUT2D eigenvalue weighted by atomic mass is 16.1. The fraction of sp³-hybridized carbons (Fsp3) is 0.684. The first kappa shape index (κ1) is 18.7. The Morgan fingerprint density at radius 2 is 1.86 bits per heavy atom. The second-order valence-corrected chi connectivity index (χ2v) is 8.44. The second-order valence-electron chi connectivity index (χ2n) is 8.44. The highest BCUT2D eigenvalue weighted by Crippen LogP contribution is 2.27. The van der Waals surface area contributed by atoms with Crippen molar-refractivity contribution in [2.24, 2.45) is 10.8 Å². The van der Waals surface area contributed by atoms with Crippen LogP contribution < -0.4 is 5.32 Å². The van der Waals surface area contributed by atoms with E-state index in [2.05, 4.69) is 51.8 Å². The summed E-state index contributed by atoms with van der Waals surface area (Å²) in [6.07, 6.45) is 5.42. The maximum atomic E-state index is 12.3. The zero-order valence-electron chi connectivity index (χ0n) is 15.1. The number of hydrogen-bond donors (Lipinski definition) is 1. The van der Waals surface area contributed by atoms with Gasteiger partial charge in [0.05, 0.1) is 6.42 Å². The third kappa shape index (κ3) is 7.58. The molecule has 1 unspecified atom stereocenters. The van der Waals surface area contributed by atoms with Gasteiger partial charge < -0.3 is 5.32 Å². The molecule has 1 atom stereocenters. The summed E-state index contributed by atoms with van der Waals surface area (Å²) < 4.78 is 0. The standard InChI is InChI=1S/C19H32N2O/c1-18(2,3)12-9-11-16(19(4,5)6)21-17(22)14-15-10-7-8-13-20-15/h7-8,10,13,16H,9,11-12,14H2,1-6H3,(H,21,22). The molecule has 0 aliphatic heterocycles. The Labute approximate surface area is 135 Å². The normalized spacial score (nSPS) is 13.7. The summed E-state index contributed by atoms with van der Waals surface area (Å²) in [6, 6.07) is 5.88. The minimum Gasteiger partial charge on any atom is -0.353 e. The van der Waals surface area contributed by atoms with Crippen LogP contribution in [0.25, 0.3) is 0 Å². The number of nitrogens with one attached hydrogen (secondary N) is 1. The molecule has 0 aromatic carbocycles. The number of amides is 1. The van der Waals surface area contributed by atoms with Crippen LogP contribution in [0.1, 0.15) is 66.5 Å². The Bertz CT molecular complexity index is 455. The van der Waals surface area contributed by atoms with Crippen molar-refractivity contribution >= 4 is 5.91 Å². The predicted molar refractivity (Wildman–Crippen MR) is 92.6 cm³/mol. The van der Waals surface area contributed by atoms with Crippen LogP contribution >= 0.6 is 0 Å². The maximum absolute atomic E-state index is 12.3. The quantitative estimate of drug-likeness (QED) is 0.848. The summed E-state index contributed by atoms with van der Waals surface area (Å²) in [5, 5.41) is 3.21. The molecule has 0 fully saturated rings. The number of pyridine rings is 1. The highest BCUT2D eigenvalue weighted by molar-refractivity contribution is 5.78. The average Bonchev–Trinajstić information content (AvgIpc) is 2.36. The molecule has 22 heavy (non-hydrogen) atoms. The smallest absolute Gasteiger partial charge is 0.226 e. The van der Waals surface area contributed by atoms with Gasteiger partial charge in [-0.15, -0.1) is 0 Å². The Balaban J connectivity index is 2.56. The number of hydrogen-bond acceptors (Lipinski definition) is 2. The Morgan fingerprint density at radius 3 is 2.36 bits per heavy atom. The van der Waals surface area contributed by atoms with Crippen molar-refractivity contribution in [1.29, 1.82) is 0 Å². The van der Waals surface area contributed by atoms with Gasteiger partial charge in [0.25, 0.3) is 0 Å². The molecule has 1 amide bonds. The molecule has 0 aliphatic rings. The van der Waals surface area contributed by atoms with Gasteiger partial charge in [-0.05, 0) is 35.8 Å². The molecule has 3 heteroatoms. The lowest BCUT2D eigenvalue weighted by Crippen LogP contribution is -2.44. The molecule has 0 spiro atoms. The zero-order valence-corrected chi connectivity index (χ0v) is 15.1. The van der Waals surface area contributed by atoms with E-state index >= 15 is 0 Å². The lowest BCUT2D eigenvalue weighted by atomic mass is 9.81. The van der Waals surface area contributed by atoms with E-state index in [0.29, 0.717) is 11.8 Å². The summed E-state index contributed by atoms with van der Waals surface area (Å²) in [7, 11) is 0. The van der Waals surface area contributed by atoms with Crippen molar-refractivity contribution < 1.29 is 4.79 Å². The van der Waals surface area contributed by atoms with Crippen LogP contribution in [0.3, 0.4) is 0 Å². The highest BCUT2D eigenvalue weighted by Gasteiger charge is 2.26. The minimum absolute atomic E-state index is 0.0642. The van der Waals surface area contributed by atoms with Gasteiger partial charge in [-0.25, -0.2) is 0 Å². The van der Waals surface area contributed by atoms with Crippen molar-refractivity contribution in [2.75, 3.05) is 0 Å². The Morgan fingerprint density at radius 1 is 1.18 bits per heavy atom. The van der Waals surface area contributed by atoms with Crippen molar-refractivity contribution in [3.05, 3.63) is 30.1 Å². The van der Waals surface area contributed by atoms with Gasteiger partial charge in [-0.1, -0.05) is 54.0 Å².